The fourth-order valence-corrected chi connectivity index (χ4v) is 4.11. The Kier molecular flexibility index (Phi) is 5.13. The minimum absolute atomic E-state index is 0.212. The molecular weight excluding hydrogens is 362 g/mol. The van der Waals surface area contributed by atoms with Crippen molar-refractivity contribution in [2.75, 3.05) is 6.61 Å². The Hall–Kier alpha value is -1.89. The second-order valence-corrected chi connectivity index (χ2v) is 7.46. The van der Waals surface area contributed by atoms with E-state index in [9.17, 15) is 14.7 Å². The first-order chi connectivity index (χ1) is 12.0. The Morgan fingerprint density at radius 2 is 2.08 bits per heavy atom. The molecule has 1 unspecified atom stereocenters. The Bertz CT molecular complexity index is 778. The molecular formula is C18H18ClNO4S. The smallest absolute Gasteiger partial charge is 0.334 e. The van der Waals surface area contributed by atoms with Crippen molar-refractivity contribution in [2.45, 2.75) is 31.9 Å². The fourth-order valence-electron chi connectivity index (χ4n) is 2.94. The Labute approximate surface area is 154 Å². The van der Waals surface area contributed by atoms with Gasteiger partial charge in [0.15, 0.2) is 5.54 Å². The normalized spacial score (nSPS) is 15.9. The first kappa shape index (κ1) is 17.9. The van der Waals surface area contributed by atoms with Crippen molar-refractivity contribution in [3.63, 3.8) is 0 Å². The SMILES string of the molecule is CCC(NC(=O)c1cc2c(s1)CCOC2)(C(=O)O)c1ccc(Cl)cc1. The van der Waals surface area contributed by atoms with Crippen LogP contribution >= 0.6 is 22.9 Å². The molecule has 5 nitrogen and oxygen atoms in total. The summed E-state index contributed by atoms with van der Waals surface area (Å²) >= 11 is 7.30. The van der Waals surface area contributed by atoms with Crippen LogP contribution in [0.15, 0.2) is 30.3 Å². The molecule has 0 aliphatic carbocycles. The highest BCUT2D eigenvalue weighted by molar-refractivity contribution is 7.14. The minimum Gasteiger partial charge on any atom is -0.479 e. The number of amides is 1. The highest BCUT2D eigenvalue weighted by Crippen LogP contribution is 2.30. The molecule has 1 aliphatic heterocycles. The summed E-state index contributed by atoms with van der Waals surface area (Å²) in [5.74, 6) is -1.49. The summed E-state index contributed by atoms with van der Waals surface area (Å²) in [5.41, 5.74) is -0.00178. The van der Waals surface area contributed by atoms with E-state index >= 15 is 0 Å². The van der Waals surface area contributed by atoms with E-state index in [4.69, 9.17) is 16.3 Å². The number of aliphatic carboxylic acids is 1. The molecule has 0 radical (unpaired) electrons. The van der Waals surface area contributed by atoms with Gasteiger partial charge in [0.25, 0.3) is 5.91 Å². The highest BCUT2D eigenvalue weighted by atomic mass is 35.5. The number of thiophene rings is 1. The lowest BCUT2D eigenvalue weighted by molar-refractivity contribution is -0.145. The lowest BCUT2D eigenvalue weighted by Gasteiger charge is -2.29. The number of rotatable bonds is 5. The van der Waals surface area contributed by atoms with Crippen molar-refractivity contribution in [3.8, 4) is 0 Å². The number of benzene rings is 1. The summed E-state index contributed by atoms with van der Waals surface area (Å²) < 4.78 is 5.40. The molecule has 1 amide bonds. The van der Waals surface area contributed by atoms with E-state index in [2.05, 4.69) is 5.32 Å². The van der Waals surface area contributed by atoms with Crippen LogP contribution in [0.5, 0.6) is 0 Å². The van der Waals surface area contributed by atoms with E-state index in [1.165, 1.54) is 11.3 Å². The molecule has 1 aliphatic rings. The molecule has 0 spiro atoms. The maximum atomic E-state index is 12.8. The molecule has 2 N–H and O–H groups in total. The Balaban J connectivity index is 1.92. The van der Waals surface area contributed by atoms with Crippen LogP contribution in [-0.4, -0.2) is 23.6 Å². The number of carboxylic acid groups (broad SMARTS) is 1. The number of hydrogen-bond donors (Lipinski definition) is 2. The van der Waals surface area contributed by atoms with E-state index in [0.29, 0.717) is 28.7 Å². The molecule has 1 aromatic carbocycles. The van der Waals surface area contributed by atoms with Crippen molar-refractivity contribution < 1.29 is 19.4 Å². The van der Waals surface area contributed by atoms with Crippen LogP contribution in [0, 0.1) is 0 Å². The van der Waals surface area contributed by atoms with Crippen LogP contribution in [0.1, 0.15) is 39.0 Å². The van der Waals surface area contributed by atoms with Crippen LogP contribution in [0.2, 0.25) is 5.02 Å². The van der Waals surface area contributed by atoms with Crippen LogP contribution in [0.4, 0.5) is 0 Å². The maximum Gasteiger partial charge on any atom is 0.334 e. The fraction of sp³-hybridized carbons (Fsp3) is 0.333. The second kappa shape index (κ2) is 7.15. The summed E-state index contributed by atoms with van der Waals surface area (Å²) in [4.78, 5) is 26.4. The van der Waals surface area contributed by atoms with Gasteiger partial charge < -0.3 is 15.2 Å². The number of ether oxygens (including phenoxy) is 1. The molecule has 25 heavy (non-hydrogen) atoms. The molecule has 0 saturated carbocycles. The predicted octanol–water partition coefficient (Wildman–Crippen LogP) is 3.59. The monoisotopic (exact) mass is 379 g/mol. The van der Waals surface area contributed by atoms with Gasteiger partial charge in [-0.25, -0.2) is 4.79 Å². The van der Waals surface area contributed by atoms with Gasteiger partial charge in [-0.2, -0.15) is 0 Å². The average molecular weight is 380 g/mol. The topological polar surface area (TPSA) is 75.6 Å². The van der Waals surface area contributed by atoms with Gasteiger partial charge in [-0.05, 0) is 35.7 Å². The summed E-state index contributed by atoms with van der Waals surface area (Å²) in [6, 6.07) is 8.30. The highest BCUT2D eigenvalue weighted by Gasteiger charge is 2.40. The largest absolute Gasteiger partial charge is 0.479 e. The molecule has 2 heterocycles. The molecule has 1 aromatic heterocycles. The Morgan fingerprint density at radius 1 is 1.36 bits per heavy atom. The maximum absolute atomic E-state index is 12.8. The van der Waals surface area contributed by atoms with Crippen LogP contribution in [0.3, 0.4) is 0 Å². The summed E-state index contributed by atoms with van der Waals surface area (Å²) in [7, 11) is 0. The van der Waals surface area contributed by atoms with Gasteiger partial charge in [-0.15, -0.1) is 11.3 Å². The lowest BCUT2D eigenvalue weighted by Crippen LogP contribution is -2.51. The molecule has 0 fully saturated rings. The van der Waals surface area contributed by atoms with E-state index in [1.54, 1.807) is 37.3 Å². The number of carbonyl (C=O) groups is 2. The average Bonchev–Trinajstić information content (AvgIpc) is 3.04. The van der Waals surface area contributed by atoms with Gasteiger partial charge in [0.2, 0.25) is 0 Å². The molecule has 1 atom stereocenters. The minimum atomic E-state index is -1.50. The third-order valence-electron chi connectivity index (χ3n) is 4.41. The molecule has 2 aromatic rings. The summed E-state index contributed by atoms with van der Waals surface area (Å²) in [6.45, 7) is 2.87. The van der Waals surface area contributed by atoms with Crippen LogP contribution in [0.25, 0.3) is 0 Å². The van der Waals surface area contributed by atoms with E-state index < -0.39 is 17.4 Å². The number of carboxylic acids is 1. The molecule has 3 rings (SSSR count). The van der Waals surface area contributed by atoms with Crippen molar-refractivity contribution in [1.82, 2.24) is 5.32 Å². The van der Waals surface area contributed by atoms with Gasteiger partial charge >= 0.3 is 5.97 Å². The van der Waals surface area contributed by atoms with Gasteiger partial charge in [-0.1, -0.05) is 30.7 Å². The molecule has 0 saturated heterocycles. The predicted molar refractivity (Wildman–Crippen MR) is 96.2 cm³/mol. The summed E-state index contributed by atoms with van der Waals surface area (Å²) in [6.07, 6.45) is 0.992. The van der Waals surface area contributed by atoms with E-state index in [0.717, 1.165) is 16.9 Å². The van der Waals surface area contributed by atoms with E-state index in [1.807, 2.05) is 0 Å². The summed E-state index contributed by atoms with van der Waals surface area (Å²) in [5, 5.41) is 13.1. The van der Waals surface area contributed by atoms with Crippen molar-refractivity contribution in [1.29, 1.82) is 0 Å². The Morgan fingerprint density at radius 3 is 2.68 bits per heavy atom. The van der Waals surface area contributed by atoms with Crippen molar-refractivity contribution >= 4 is 34.8 Å². The number of halogens is 1. The molecule has 0 bridgehead atoms. The van der Waals surface area contributed by atoms with Crippen LogP contribution < -0.4 is 5.32 Å². The molecule has 7 heteroatoms. The third kappa shape index (κ3) is 3.42. The first-order valence-electron chi connectivity index (χ1n) is 7.97. The zero-order valence-corrected chi connectivity index (χ0v) is 15.2. The van der Waals surface area contributed by atoms with Crippen LogP contribution in [-0.2, 0) is 28.1 Å². The first-order valence-corrected chi connectivity index (χ1v) is 9.17. The number of carbonyl (C=O) groups excluding carboxylic acids is 1. The quantitative estimate of drug-likeness (QED) is 0.832. The number of fused-ring (bicyclic) bond motifs is 1. The standard InChI is InChI=1S/C18H18ClNO4S/c1-2-18(17(22)23,12-3-5-13(19)6-4-12)20-16(21)15-9-11-10-24-8-7-14(11)25-15/h3-6,9H,2,7-8,10H2,1H3,(H,20,21)(H,22,23). The van der Waals surface area contributed by atoms with Crippen molar-refractivity contribution in [3.05, 3.63) is 56.2 Å². The van der Waals surface area contributed by atoms with Crippen molar-refractivity contribution in [2.24, 2.45) is 0 Å². The van der Waals surface area contributed by atoms with Gasteiger partial charge in [0, 0.05) is 16.3 Å². The third-order valence-corrected chi connectivity index (χ3v) is 5.90. The zero-order chi connectivity index (χ0) is 18.0. The van der Waals surface area contributed by atoms with E-state index in [-0.39, 0.29) is 6.42 Å². The number of hydrogen-bond acceptors (Lipinski definition) is 4. The van der Waals surface area contributed by atoms with Gasteiger partial charge in [0.1, 0.15) is 0 Å². The lowest BCUT2D eigenvalue weighted by atomic mass is 9.87. The second-order valence-electron chi connectivity index (χ2n) is 5.89. The van der Waals surface area contributed by atoms with Gasteiger partial charge in [0.05, 0.1) is 18.1 Å². The van der Waals surface area contributed by atoms with Gasteiger partial charge in [-0.3, -0.25) is 4.79 Å². The molecule has 132 valence electrons. The zero-order valence-electron chi connectivity index (χ0n) is 13.7. The number of nitrogens with one attached hydrogen (secondary N) is 1.